The Morgan fingerprint density at radius 1 is 0.964 bits per heavy atom. The lowest BCUT2D eigenvalue weighted by atomic mass is 9.99. The Bertz CT molecular complexity index is 793. The summed E-state index contributed by atoms with van der Waals surface area (Å²) < 4.78 is 0. The summed E-state index contributed by atoms with van der Waals surface area (Å²) in [4.78, 5) is 17.6. The van der Waals surface area contributed by atoms with Crippen LogP contribution in [-0.4, -0.2) is 49.1 Å². The van der Waals surface area contributed by atoms with Gasteiger partial charge in [-0.3, -0.25) is 9.69 Å². The first-order chi connectivity index (χ1) is 13.4. The number of rotatable bonds is 6. The van der Waals surface area contributed by atoms with Gasteiger partial charge in [-0.25, -0.2) is 0 Å². The van der Waals surface area contributed by atoms with Crippen molar-refractivity contribution in [2.45, 2.75) is 39.7 Å². The van der Waals surface area contributed by atoms with E-state index in [4.69, 9.17) is 0 Å². The topological polar surface area (TPSA) is 35.6 Å². The summed E-state index contributed by atoms with van der Waals surface area (Å²) in [6.07, 6.45) is 0.864. The second-order valence-corrected chi connectivity index (χ2v) is 8.24. The smallest absolute Gasteiger partial charge is 0.239 e. The molecule has 1 amide bonds. The molecule has 0 aliphatic carbocycles. The van der Waals surface area contributed by atoms with Gasteiger partial charge in [-0.1, -0.05) is 42.5 Å². The van der Waals surface area contributed by atoms with Gasteiger partial charge in [0.25, 0.3) is 0 Å². The zero-order valence-corrected chi connectivity index (χ0v) is 17.7. The van der Waals surface area contributed by atoms with Crippen LogP contribution in [0, 0.1) is 13.8 Å². The van der Waals surface area contributed by atoms with Crippen LogP contribution in [0.3, 0.4) is 0 Å². The molecule has 0 saturated carbocycles. The number of benzene rings is 2. The summed E-state index contributed by atoms with van der Waals surface area (Å²) >= 11 is 0. The van der Waals surface area contributed by atoms with Crippen LogP contribution >= 0.6 is 0 Å². The van der Waals surface area contributed by atoms with Gasteiger partial charge in [0.15, 0.2) is 0 Å². The standard InChI is InChI=1S/C24H33N3O/c1-19-9-8-12-22(20(19)2)26-15-17-27(18-16-26)24(3,4)23(28)25-14-13-21-10-6-5-7-11-21/h5-12H,13-18H2,1-4H3,(H,25,28). The highest BCUT2D eigenvalue weighted by atomic mass is 16.2. The molecule has 1 fully saturated rings. The third-order valence-electron chi connectivity index (χ3n) is 6.08. The van der Waals surface area contributed by atoms with Crippen LogP contribution in [0.1, 0.15) is 30.5 Å². The zero-order chi connectivity index (χ0) is 20.1. The van der Waals surface area contributed by atoms with Crippen molar-refractivity contribution in [2.24, 2.45) is 0 Å². The van der Waals surface area contributed by atoms with Crippen molar-refractivity contribution in [1.82, 2.24) is 10.2 Å². The summed E-state index contributed by atoms with van der Waals surface area (Å²) in [5.41, 5.74) is 4.77. The molecule has 0 bridgehead atoms. The van der Waals surface area contributed by atoms with Gasteiger partial charge in [-0.05, 0) is 56.9 Å². The third kappa shape index (κ3) is 4.56. The van der Waals surface area contributed by atoms with Crippen molar-refractivity contribution in [2.75, 3.05) is 37.6 Å². The van der Waals surface area contributed by atoms with Crippen LogP contribution in [0.15, 0.2) is 48.5 Å². The average molecular weight is 380 g/mol. The first kappa shape index (κ1) is 20.4. The Hall–Kier alpha value is -2.33. The van der Waals surface area contributed by atoms with Gasteiger partial charge in [0.05, 0.1) is 5.54 Å². The van der Waals surface area contributed by atoms with Crippen LogP contribution in [0.2, 0.25) is 0 Å². The van der Waals surface area contributed by atoms with E-state index >= 15 is 0 Å². The lowest BCUT2D eigenvalue weighted by Crippen LogP contribution is -2.60. The van der Waals surface area contributed by atoms with Crippen molar-refractivity contribution in [3.8, 4) is 0 Å². The Kier molecular flexibility index (Phi) is 6.40. The number of hydrogen-bond donors (Lipinski definition) is 1. The van der Waals surface area contributed by atoms with Crippen molar-refractivity contribution >= 4 is 11.6 Å². The lowest BCUT2D eigenvalue weighted by Gasteiger charge is -2.44. The van der Waals surface area contributed by atoms with Crippen LogP contribution in [0.5, 0.6) is 0 Å². The quantitative estimate of drug-likeness (QED) is 0.834. The fourth-order valence-corrected chi connectivity index (χ4v) is 3.91. The number of carbonyl (C=O) groups is 1. The first-order valence-electron chi connectivity index (χ1n) is 10.3. The minimum absolute atomic E-state index is 0.114. The van der Waals surface area contributed by atoms with E-state index in [0.29, 0.717) is 6.54 Å². The number of amides is 1. The largest absolute Gasteiger partial charge is 0.369 e. The molecular weight excluding hydrogens is 346 g/mol. The molecule has 2 aromatic carbocycles. The van der Waals surface area contributed by atoms with E-state index in [1.165, 1.54) is 22.4 Å². The number of carbonyl (C=O) groups excluding carboxylic acids is 1. The van der Waals surface area contributed by atoms with Gasteiger partial charge in [0.2, 0.25) is 5.91 Å². The Morgan fingerprint density at radius 3 is 2.32 bits per heavy atom. The second kappa shape index (κ2) is 8.78. The fourth-order valence-electron chi connectivity index (χ4n) is 3.91. The average Bonchev–Trinajstić information content (AvgIpc) is 2.71. The van der Waals surface area contributed by atoms with Crippen molar-refractivity contribution in [1.29, 1.82) is 0 Å². The fraction of sp³-hybridized carbons (Fsp3) is 0.458. The molecule has 150 valence electrons. The molecule has 0 atom stereocenters. The predicted molar refractivity (Wildman–Crippen MR) is 117 cm³/mol. The molecule has 0 radical (unpaired) electrons. The Morgan fingerprint density at radius 2 is 1.64 bits per heavy atom. The highest BCUT2D eigenvalue weighted by Gasteiger charge is 2.36. The molecule has 0 spiro atoms. The van der Waals surface area contributed by atoms with Crippen LogP contribution in [0.25, 0.3) is 0 Å². The summed E-state index contributed by atoms with van der Waals surface area (Å²) in [7, 11) is 0. The van der Waals surface area contributed by atoms with E-state index in [1.807, 2.05) is 32.0 Å². The predicted octanol–water partition coefficient (Wildman–Crippen LogP) is 3.56. The maximum atomic E-state index is 12.8. The van der Waals surface area contributed by atoms with Gasteiger partial charge in [0.1, 0.15) is 0 Å². The molecule has 0 unspecified atom stereocenters. The highest BCUT2D eigenvalue weighted by Crippen LogP contribution is 2.26. The maximum Gasteiger partial charge on any atom is 0.239 e. The van der Waals surface area contributed by atoms with Gasteiger partial charge in [-0.2, -0.15) is 0 Å². The molecule has 1 heterocycles. The Labute approximate surface area is 169 Å². The maximum absolute atomic E-state index is 12.8. The number of nitrogens with one attached hydrogen (secondary N) is 1. The SMILES string of the molecule is Cc1cccc(N2CCN(C(C)(C)C(=O)NCCc3ccccc3)CC2)c1C. The molecule has 1 aliphatic rings. The van der Waals surface area contributed by atoms with E-state index < -0.39 is 5.54 Å². The molecule has 0 aromatic heterocycles. The van der Waals surface area contributed by atoms with Gasteiger partial charge < -0.3 is 10.2 Å². The van der Waals surface area contributed by atoms with E-state index in [1.54, 1.807) is 0 Å². The molecule has 4 nitrogen and oxygen atoms in total. The molecule has 4 heteroatoms. The third-order valence-corrected chi connectivity index (χ3v) is 6.08. The summed E-state index contributed by atoms with van der Waals surface area (Å²) in [6, 6.07) is 16.8. The number of nitrogens with zero attached hydrogens (tertiary/aromatic N) is 2. The molecule has 1 aliphatic heterocycles. The molecular formula is C24H33N3O. The molecule has 3 rings (SSSR count). The molecule has 1 saturated heterocycles. The van der Waals surface area contributed by atoms with Gasteiger partial charge in [0, 0.05) is 38.4 Å². The second-order valence-electron chi connectivity index (χ2n) is 8.24. The number of hydrogen-bond acceptors (Lipinski definition) is 3. The molecule has 1 N–H and O–H groups in total. The van der Waals surface area contributed by atoms with Gasteiger partial charge in [-0.15, -0.1) is 0 Å². The number of anilines is 1. The Balaban J connectivity index is 1.53. The number of piperazine rings is 1. The van der Waals surface area contributed by atoms with E-state index in [0.717, 1.165) is 32.6 Å². The van der Waals surface area contributed by atoms with E-state index in [9.17, 15) is 4.79 Å². The van der Waals surface area contributed by atoms with Crippen molar-refractivity contribution in [3.63, 3.8) is 0 Å². The van der Waals surface area contributed by atoms with Crippen LogP contribution in [0.4, 0.5) is 5.69 Å². The minimum Gasteiger partial charge on any atom is -0.369 e. The summed E-state index contributed by atoms with van der Waals surface area (Å²) in [5, 5.41) is 3.13. The van der Waals surface area contributed by atoms with Crippen molar-refractivity contribution in [3.05, 3.63) is 65.2 Å². The summed E-state index contributed by atoms with van der Waals surface area (Å²) in [6.45, 7) is 12.8. The lowest BCUT2D eigenvalue weighted by molar-refractivity contribution is -0.131. The zero-order valence-electron chi connectivity index (χ0n) is 17.7. The highest BCUT2D eigenvalue weighted by molar-refractivity contribution is 5.85. The minimum atomic E-state index is -0.496. The summed E-state index contributed by atoms with van der Waals surface area (Å²) in [5.74, 6) is 0.114. The molecule has 28 heavy (non-hydrogen) atoms. The van der Waals surface area contributed by atoms with E-state index in [2.05, 4.69) is 59.3 Å². The normalized spacial score (nSPS) is 15.5. The van der Waals surface area contributed by atoms with Crippen molar-refractivity contribution < 1.29 is 4.79 Å². The van der Waals surface area contributed by atoms with Gasteiger partial charge >= 0.3 is 0 Å². The van der Waals surface area contributed by atoms with E-state index in [-0.39, 0.29) is 5.91 Å². The number of aryl methyl sites for hydroxylation is 1. The monoisotopic (exact) mass is 379 g/mol. The first-order valence-corrected chi connectivity index (χ1v) is 10.3. The van der Waals surface area contributed by atoms with Crippen LogP contribution in [-0.2, 0) is 11.2 Å². The molecule has 2 aromatic rings. The van der Waals surface area contributed by atoms with Crippen LogP contribution < -0.4 is 10.2 Å².